The molecule has 6 heterocycles. The molecular formula is C70H55Cl2GaN18O13S4-3. The third-order valence-corrected chi connectivity index (χ3v) is 24.4. The van der Waals surface area contributed by atoms with Gasteiger partial charge in [0.05, 0.1) is 0 Å². The van der Waals surface area contributed by atoms with E-state index in [-0.39, 0.29) is 88.8 Å². The first-order chi connectivity index (χ1) is 51.3. The average molecular weight is 1630 g/mol. The van der Waals surface area contributed by atoms with Crippen molar-refractivity contribution in [1.82, 2.24) is 6.55 Å². The predicted octanol–water partition coefficient (Wildman–Crippen LogP) is 7.90. The van der Waals surface area contributed by atoms with Crippen LogP contribution in [0.2, 0.25) is 10.0 Å². The molecule has 12 N–H and O–H groups in total. The third kappa shape index (κ3) is 14.9. The molecular weight excluding hydrogens is 1570 g/mol. The van der Waals surface area contributed by atoms with Crippen LogP contribution in [0.15, 0.2) is 239 Å². The number of aromatic nitrogens is 2. The van der Waals surface area contributed by atoms with Crippen molar-refractivity contribution in [2.75, 3.05) is 23.7 Å². The molecule has 0 atom stereocenters. The van der Waals surface area contributed by atoms with Gasteiger partial charge in [0.15, 0.2) is 0 Å². The number of amidine groups is 4. The van der Waals surface area contributed by atoms with Crippen molar-refractivity contribution < 1.29 is 61.9 Å². The molecule has 16 rings (SSSR count). The van der Waals surface area contributed by atoms with E-state index in [2.05, 4.69) is 35.6 Å². The van der Waals surface area contributed by atoms with E-state index in [0.717, 1.165) is 37.1 Å². The zero-order valence-corrected chi connectivity index (χ0v) is 62.7. The largest absolute Gasteiger partial charge is 1.00 e. The number of anilines is 2. The maximum atomic E-state index is 12.8. The molecule has 0 fully saturated rings. The molecule has 0 saturated heterocycles. The Kier molecular flexibility index (Phi) is 20.4. The number of benzene rings is 10. The first-order valence-corrected chi connectivity index (χ1v) is 40.0. The second-order valence-electron chi connectivity index (χ2n) is 24.3. The van der Waals surface area contributed by atoms with Crippen LogP contribution in [-0.4, -0.2) is 129 Å². The topological polar surface area (TPSA) is 506 Å². The van der Waals surface area contributed by atoms with Crippen LogP contribution in [-0.2, 0) is 39.7 Å². The smallest absolute Gasteiger partial charge is 0 e. The Bertz CT molecular complexity index is 6530. The van der Waals surface area contributed by atoms with E-state index >= 15 is 0 Å². The van der Waals surface area contributed by atoms with Gasteiger partial charge in [-0.2, -0.15) is 9.98 Å². The van der Waals surface area contributed by atoms with Crippen molar-refractivity contribution in [3.63, 3.8) is 0 Å². The van der Waals surface area contributed by atoms with Crippen LogP contribution in [0.25, 0.3) is 64.6 Å². The predicted molar refractivity (Wildman–Crippen MR) is 415 cm³/mol. The normalized spacial score (nSPS) is 14.2. The summed E-state index contributed by atoms with van der Waals surface area (Å²) >= 11 is 9.96. The molecule has 1 radical (unpaired) electrons. The molecule has 547 valence electrons. The zero-order valence-electron chi connectivity index (χ0n) is 56.4. The van der Waals surface area contributed by atoms with Crippen molar-refractivity contribution in [3.8, 4) is 0 Å². The van der Waals surface area contributed by atoms with Crippen LogP contribution in [0.1, 0.15) is 50.8 Å². The van der Waals surface area contributed by atoms with Crippen molar-refractivity contribution in [2.45, 2.75) is 45.3 Å². The maximum absolute atomic E-state index is 12.8. The van der Waals surface area contributed by atoms with Gasteiger partial charge in [-0.15, -0.1) is 0 Å². The SMILES string of the molecule is NC(=NCCCCCCN=C(N)N=C(N)Nc1ccc(Cl)cc1)N=C(N)Nc1ccc(Cl)cc1.O.O=S(=O)([O-])c1cccc2cc3c(cc12)C1=Nc2c4cc5cccc(S(=O)(=O)[O-])c5cc4c4[n]2[Ga][n]2c(c5cc6cccc(S(=O)(=O)[O-])c6cc5c2=NC3=N1)=NC1=NC(=N4)c2cc3cccc(SOO[O-])c3cc21.[H+].[HH]. The average Bonchev–Trinajstić information content (AvgIpc) is 1.55. The fourth-order valence-corrected chi connectivity index (χ4v) is 18.7. The summed E-state index contributed by atoms with van der Waals surface area (Å²) in [6.07, 6.45) is 3.68. The van der Waals surface area contributed by atoms with Crippen LogP contribution < -0.4 is 49.8 Å². The molecule has 0 unspecified atom stereocenters. The van der Waals surface area contributed by atoms with Crippen molar-refractivity contribution in [3.05, 3.63) is 213 Å². The molecule has 31 nitrogen and oxygen atoms in total. The number of hydrogen-bond donors (Lipinski definition) is 6. The van der Waals surface area contributed by atoms with Crippen LogP contribution in [0.3, 0.4) is 0 Å². The molecule has 12 aromatic rings. The summed E-state index contributed by atoms with van der Waals surface area (Å²) in [6.45, 7) is 1.12. The molecule has 10 aromatic carbocycles. The fraction of sp³-hybridized carbons (Fsp3) is 0.0857. The van der Waals surface area contributed by atoms with Gasteiger partial charge in [0.25, 0.3) is 0 Å². The van der Waals surface area contributed by atoms with Gasteiger partial charge in [-0.25, -0.2) is 0 Å². The number of nitrogens with two attached hydrogens (primary N) is 4. The Balaban J connectivity index is 0.000000259. The third-order valence-electron chi connectivity index (χ3n) is 17.5. The summed E-state index contributed by atoms with van der Waals surface area (Å²) in [5.74, 6) is 1.63. The Morgan fingerprint density at radius 2 is 0.852 bits per heavy atom. The summed E-state index contributed by atoms with van der Waals surface area (Å²) in [6, 6.07) is 45.8. The summed E-state index contributed by atoms with van der Waals surface area (Å²) in [4.78, 5) is 46.7. The first kappa shape index (κ1) is 74.1. The number of nitrogens with one attached hydrogen (secondary N) is 2. The van der Waals surface area contributed by atoms with Gasteiger partial charge in [-0.1, -0.05) is 36.0 Å². The van der Waals surface area contributed by atoms with Crippen molar-refractivity contribution in [2.24, 2.45) is 72.9 Å². The Labute approximate surface area is 637 Å². The summed E-state index contributed by atoms with van der Waals surface area (Å²) in [7, 11) is -15.0. The zero-order chi connectivity index (χ0) is 74.8. The van der Waals surface area contributed by atoms with Gasteiger partial charge < -0.3 is 39.0 Å². The molecule has 0 aliphatic carbocycles. The van der Waals surface area contributed by atoms with Gasteiger partial charge in [-0.3, -0.25) is 9.98 Å². The molecule has 0 amide bonds. The second-order valence-corrected chi connectivity index (χ2v) is 32.7. The minimum atomic E-state index is -5.02. The maximum Gasteiger partial charge on any atom is 1.00 e. The minimum Gasteiger partial charge on any atom is 0 e. The van der Waals surface area contributed by atoms with E-state index in [1.165, 1.54) is 42.5 Å². The van der Waals surface area contributed by atoms with Crippen LogP contribution in [0.4, 0.5) is 23.0 Å². The number of aliphatic imine (C=N–C) groups is 8. The number of rotatable bonds is 15. The Morgan fingerprint density at radius 1 is 0.472 bits per heavy atom. The second kappa shape index (κ2) is 29.8. The van der Waals surface area contributed by atoms with Gasteiger partial charge in [0.1, 0.15) is 0 Å². The van der Waals surface area contributed by atoms with E-state index in [0.29, 0.717) is 116 Å². The number of unbranched alkanes of at least 4 members (excludes halogenated alkanes) is 3. The fourth-order valence-electron chi connectivity index (χ4n) is 12.8. The van der Waals surface area contributed by atoms with E-state index < -0.39 is 62.9 Å². The quantitative estimate of drug-likeness (QED) is 0.00829. The summed E-state index contributed by atoms with van der Waals surface area (Å²) in [5.41, 5.74) is 27.0. The van der Waals surface area contributed by atoms with E-state index in [9.17, 15) is 44.2 Å². The molecule has 4 aliphatic heterocycles. The van der Waals surface area contributed by atoms with Gasteiger partial charge in [0, 0.05) is 35.9 Å². The number of guanidine groups is 4. The molecule has 6 bridgehead atoms. The van der Waals surface area contributed by atoms with Gasteiger partial charge >= 0.3 is 426 Å². The van der Waals surface area contributed by atoms with Gasteiger partial charge in [0.2, 0.25) is 23.8 Å². The summed E-state index contributed by atoms with van der Waals surface area (Å²) < 4.78 is 124. The number of halogens is 2. The molecule has 38 heteroatoms. The summed E-state index contributed by atoms with van der Waals surface area (Å²) in [5, 5.41) is 26.2. The molecule has 108 heavy (non-hydrogen) atoms. The molecule has 2 aromatic heterocycles. The minimum absolute atomic E-state index is 0. The van der Waals surface area contributed by atoms with E-state index in [4.69, 9.17) is 80.4 Å². The Hall–Kier alpha value is -10.8. The van der Waals surface area contributed by atoms with Crippen molar-refractivity contribution in [1.29, 1.82) is 0 Å². The van der Waals surface area contributed by atoms with Crippen molar-refractivity contribution >= 4 is 218 Å². The van der Waals surface area contributed by atoms with Gasteiger partial charge in [-0.05, 0) is 61.4 Å². The van der Waals surface area contributed by atoms with Crippen LogP contribution in [0.5, 0.6) is 0 Å². The Morgan fingerprint density at radius 3 is 1.31 bits per heavy atom. The number of nitrogens with zero attached hydrogens (tertiary/aromatic N) is 12. The number of fused-ring (bicyclic) bond motifs is 18. The molecule has 0 spiro atoms. The number of hydrogen-bond acceptors (Lipinski definition) is 21. The van der Waals surface area contributed by atoms with E-state index in [1.807, 2.05) is 24.7 Å². The van der Waals surface area contributed by atoms with Crippen LogP contribution >= 0.6 is 35.2 Å². The molecule has 4 aliphatic rings. The van der Waals surface area contributed by atoms with Crippen LogP contribution in [0, 0.1) is 0 Å². The standard InChI is InChI=1S/C48H24N8O12S4.C22H30Cl2N10.Ga.H2O.H2/c57-67-68-69-37-9-1-5-21-13-29-33(17-25(21)37)45-49-41(29)51-46-35-19-27-23(7-3-11-39(27)71(61,62)63)15-31(35)43(53-46)55-48-36-20-28-24(8-4-12-40(28)72(64,65)66)16-32(36)44(56-48)54-47-34-18-26-22(14-30(34)42(50-45)52-47)6-2-10-38(26)70(58,59)60;23-15-5-9-17(10-6-15)31-21(27)33-19(25)29-13-3-1-2-4-14-30-20(26)34-22(28)32-18-11-7-16(24)8-12-18;;;/h1-20H,(H4-2,49,50,51,52,53,54,55,56,57,58,59,60,61,62,63,64,65,66);5-12H,1-4,13-14H2,(H5,25,27,29,31,33)(H5,26,28,30,32,34);;1H2;1H/q-2;;+2;;/p-3. The monoisotopic (exact) mass is 1620 g/mol. The molecule has 0 saturated carbocycles. The van der Waals surface area contributed by atoms with E-state index in [1.54, 1.807) is 109 Å². The first-order valence-electron chi connectivity index (χ1n) is 32.2.